The van der Waals surface area contributed by atoms with Gasteiger partial charge in [0.25, 0.3) is 5.91 Å². The highest BCUT2D eigenvalue weighted by Gasteiger charge is 2.23. The van der Waals surface area contributed by atoms with E-state index in [-0.39, 0.29) is 11.9 Å². The van der Waals surface area contributed by atoms with Gasteiger partial charge in [-0.15, -0.1) is 0 Å². The van der Waals surface area contributed by atoms with Crippen molar-refractivity contribution in [2.45, 2.75) is 6.04 Å². The minimum Gasteiger partial charge on any atom is -0.322 e. The monoisotopic (exact) mass is 161 g/mol. The van der Waals surface area contributed by atoms with Crippen LogP contribution in [0.1, 0.15) is 0 Å². The number of fused-ring (bicyclic) bond motifs is 1. The maximum Gasteiger partial charge on any atom is 0.266 e. The first-order chi connectivity index (χ1) is 5.77. The van der Waals surface area contributed by atoms with E-state index in [1.54, 1.807) is 18.2 Å². The van der Waals surface area contributed by atoms with Crippen LogP contribution in [-0.2, 0) is 4.79 Å². The molecule has 1 aliphatic carbocycles. The van der Waals surface area contributed by atoms with Crippen molar-refractivity contribution in [1.82, 2.24) is 5.32 Å². The zero-order chi connectivity index (χ0) is 8.55. The van der Waals surface area contributed by atoms with Gasteiger partial charge in [-0.25, -0.2) is 0 Å². The van der Waals surface area contributed by atoms with E-state index >= 15 is 0 Å². The molecule has 0 aromatic heterocycles. The van der Waals surface area contributed by atoms with Gasteiger partial charge in [-0.3, -0.25) is 9.79 Å². The molecule has 0 fully saturated rings. The lowest BCUT2D eigenvalue weighted by Crippen LogP contribution is -2.38. The highest BCUT2D eigenvalue weighted by molar-refractivity contribution is 6.28. The lowest BCUT2D eigenvalue weighted by atomic mass is 10.0. The molecule has 1 aliphatic heterocycles. The Morgan fingerprint density at radius 2 is 2.42 bits per heavy atom. The molecule has 1 atom stereocenters. The third kappa shape index (κ3) is 0.972. The number of aliphatic imine (C=N–C) groups is 1. The number of carbonyl (C=O) groups is 1. The number of hydrogen-bond donors (Lipinski definition) is 2. The number of nitrogens with zero attached hydrogens (tertiary/aromatic N) is 1. The van der Waals surface area contributed by atoms with Gasteiger partial charge in [0.1, 0.15) is 6.04 Å². The summed E-state index contributed by atoms with van der Waals surface area (Å²) in [4.78, 5) is 14.8. The fourth-order valence-corrected chi connectivity index (χ4v) is 1.19. The SMILES string of the molecule is N=C1C=CC=C2NC(=O)C=NC12. The predicted octanol–water partition coefficient (Wildman–Crippen LogP) is 0.0291. The fraction of sp³-hybridized carbons (Fsp3) is 0.125. The topological polar surface area (TPSA) is 65.3 Å². The molecule has 2 rings (SSSR count). The Morgan fingerprint density at radius 1 is 1.58 bits per heavy atom. The van der Waals surface area contributed by atoms with Crippen LogP contribution in [0.5, 0.6) is 0 Å². The van der Waals surface area contributed by atoms with Crippen molar-refractivity contribution in [2.24, 2.45) is 4.99 Å². The van der Waals surface area contributed by atoms with Crippen LogP contribution in [0.3, 0.4) is 0 Å². The van der Waals surface area contributed by atoms with Gasteiger partial charge in [-0.05, 0) is 12.2 Å². The summed E-state index contributed by atoms with van der Waals surface area (Å²) < 4.78 is 0. The molecule has 0 saturated carbocycles. The second-order valence-corrected chi connectivity index (χ2v) is 2.61. The molecular formula is C8H7N3O. The van der Waals surface area contributed by atoms with Gasteiger partial charge in [0.2, 0.25) is 0 Å². The van der Waals surface area contributed by atoms with Crippen LogP contribution in [0.15, 0.2) is 28.9 Å². The van der Waals surface area contributed by atoms with Crippen molar-refractivity contribution in [1.29, 1.82) is 5.41 Å². The molecule has 4 heteroatoms. The van der Waals surface area contributed by atoms with Crippen molar-refractivity contribution in [3.05, 3.63) is 23.9 Å². The lowest BCUT2D eigenvalue weighted by Gasteiger charge is -2.21. The van der Waals surface area contributed by atoms with Crippen LogP contribution in [-0.4, -0.2) is 23.9 Å². The van der Waals surface area contributed by atoms with Crippen LogP contribution in [0.25, 0.3) is 0 Å². The summed E-state index contributed by atoms with van der Waals surface area (Å²) in [6.07, 6.45) is 6.38. The number of carbonyl (C=O) groups excluding carboxylic acids is 1. The molecule has 0 saturated heterocycles. The molecule has 1 amide bonds. The van der Waals surface area contributed by atoms with E-state index in [1.807, 2.05) is 0 Å². The summed E-state index contributed by atoms with van der Waals surface area (Å²) in [7, 11) is 0. The third-order valence-electron chi connectivity index (χ3n) is 1.75. The largest absolute Gasteiger partial charge is 0.322 e. The predicted molar refractivity (Wildman–Crippen MR) is 45.4 cm³/mol. The first-order valence-corrected chi connectivity index (χ1v) is 3.58. The van der Waals surface area contributed by atoms with Crippen LogP contribution in [0.4, 0.5) is 0 Å². The highest BCUT2D eigenvalue weighted by atomic mass is 16.1. The number of nitrogens with one attached hydrogen (secondary N) is 2. The average Bonchev–Trinajstić information content (AvgIpc) is 2.04. The van der Waals surface area contributed by atoms with Gasteiger partial charge in [0.05, 0.1) is 11.9 Å². The maximum absolute atomic E-state index is 10.8. The van der Waals surface area contributed by atoms with Crippen LogP contribution in [0.2, 0.25) is 0 Å². The fourth-order valence-electron chi connectivity index (χ4n) is 1.19. The minimum absolute atomic E-state index is 0.222. The van der Waals surface area contributed by atoms with Crippen LogP contribution in [0, 0.1) is 5.41 Å². The van der Waals surface area contributed by atoms with Gasteiger partial charge in [-0.1, -0.05) is 6.08 Å². The molecule has 0 aromatic rings. The quantitative estimate of drug-likeness (QED) is 0.517. The Kier molecular flexibility index (Phi) is 1.40. The van der Waals surface area contributed by atoms with Crippen LogP contribution >= 0.6 is 0 Å². The highest BCUT2D eigenvalue weighted by Crippen LogP contribution is 2.13. The van der Waals surface area contributed by atoms with Crippen LogP contribution < -0.4 is 5.32 Å². The van der Waals surface area contributed by atoms with E-state index in [9.17, 15) is 4.79 Å². The molecule has 0 bridgehead atoms. The standard InChI is InChI=1S/C8H7N3O/c9-5-2-1-3-6-8(5)10-4-7(12)11-6/h1-4,8-9H,(H,11,12). The van der Waals surface area contributed by atoms with Crippen molar-refractivity contribution < 1.29 is 4.79 Å². The second-order valence-electron chi connectivity index (χ2n) is 2.61. The molecule has 4 nitrogen and oxygen atoms in total. The van der Waals surface area contributed by atoms with E-state index in [0.717, 1.165) is 0 Å². The summed E-state index contributed by atoms with van der Waals surface area (Å²) in [5.74, 6) is -0.222. The Labute approximate surface area is 69.2 Å². The summed E-state index contributed by atoms with van der Waals surface area (Å²) in [6, 6.07) is -0.298. The Bertz CT molecular complexity index is 338. The maximum atomic E-state index is 10.8. The van der Waals surface area contributed by atoms with Crippen molar-refractivity contribution >= 4 is 17.8 Å². The summed E-state index contributed by atoms with van der Waals surface area (Å²) in [5, 5.41) is 10.1. The molecule has 12 heavy (non-hydrogen) atoms. The first kappa shape index (κ1) is 6.97. The lowest BCUT2D eigenvalue weighted by molar-refractivity contribution is -0.114. The average molecular weight is 161 g/mol. The second kappa shape index (κ2) is 2.41. The Balaban J connectivity index is 2.40. The van der Waals surface area contributed by atoms with E-state index in [1.165, 1.54) is 6.21 Å². The number of rotatable bonds is 0. The summed E-state index contributed by atoms with van der Waals surface area (Å²) in [6.45, 7) is 0. The van der Waals surface area contributed by atoms with Crippen molar-refractivity contribution in [3.8, 4) is 0 Å². The van der Waals surface area contributed by atoms with E-state index in [4.69, 9.17) is 5.41 Å². The summed E-state index contributed by atoms with van der Waals surface area (Å²) in [5.41, 5.74) is 1.10. The molecule has 1 unspecified atom stereocenters. The molecule has 1 heterocycles. The van der Waals surface area contributed by atoms with Gasteiger partial charge in [0, 0.05) is 5.70 Å². The summed E-state index contributed by atoms with van der Waals surface area (Å²) >= 11 is 0. The van der Waals surface area contributed by atoms with E-state index in [0.29, 0.717) is 11.4 Å². The number of allylic oxidation sites excluding steroid dienone is 2. The van der Waals surface area contributed by atoms with Gasteiger partial charge >= 0.3 is 0 Å². The third-order valence-corrected chi connectivity index (χ3v) is 1.75. The molecule has 2 N–H and O–H groups in total. The smallest absolute Gasteiger partial charge is 0.266 e. The first-order valence-electron chi connectivity index (χ1n) is 3.58. The molecular weight excluding hydrogens is 154 g/mol. The molecule has 60 valence electrons. The minimum atomic E-state index is -0.298. The molecule has 2 aliphatic rings. The van der Waals surface area contributed by atoms with Crippen molar-refractivity contribution in [3.63, 3.8) is 0 Å². The van der Waals surface area contributed by atoms with Gasteiger partial charge < -0.3 is 10.7 Å². The van der Waals surface area contributed by atoms with E-state index < -0.39 is 0 Å². The number of hydrogen-bond acceptors (Lipinski definition) is 3. The zero-order valence-corrected chi connectivity index (χ0v) is 6.24. The zero-order valence-electron chi connectivity index (χ0n) is 6.24. The Morgan fingerprint density at radius 3 is 3.25 bits per heavy atom. The van der Waals surface area contributed by atoms with Crippen molar-refractivity contribution in [2.75, 3.05) is 0 Å². The van der Waals surface area contributed by atoms with E-state index in [2.05, 4.69) is 10.3 Å². The van der Waals surface area contributed by atoms with Gasteiger partial charge in [0.15, 0.2) is 0 Å². The Hall–Kier alpha value is -1.71. The molecule has 0 radical (unpaired) electrons. The molecule has 0 aromatic carbocycles. The number of amides is 1. The van der Waals surface area contributed by atoms with Gasteiger partial charge in [-0.2, -0.15) is 0 Å². The molecule has 0 spiro atoms. The normalized spacial score (nSPS) is 26.3.